The van der Waals surface area contributed by atoms with Crippen molar-refractivity contribution < 1.29 is 19.1 Å². The smallest absolute Gasteiger partial charge is 0.228 e. The average molecular weight is 552 g/mol. The summed E-state index contributed by atoms with van der Waals surface area (Å²) in [4.78, 5) is 51.2. The van der Waals surface area contributed by atoms with Gasteiger partial charge in [-0.25, -0.2) is 0 Å². The minimum absolute atomic E-state index is 0.0230. The van der Waals surface area contributed by atoms with Crippen molar-refractivity contribution in [3.63, 3.8) is 0 Å². The molecule has 9 nitrogen and oxygen atoms in total. The second-order valence-electron chi connectivity index (χ2n) is 12.3. The third kappa shape index (κ3) is 5.14. The molecule has 0 saturated carbocycles. The number of carbonyl (C=O) groups is 3. The lowest BCUT2D eigenvalue weighted by Gasteiger charge is -2.54. The van der Waals surface area contributed by atoms with Gasteiger partial charge in [0.15, 0.2) is 0 Å². The molecular formula is C31H45N5O4. The number of hydrogen-bond donors (Lipinski definition) is 2. The number of nitrogens with zero attached hydrogens (tertiary/aromatic N) is 3. The number of ether oxygens (including phenoxy) is 1. The SMILES string of the molecule is CC(C)N(C(=O)[C@H]1CC(CC(=O)NCCN2CCOCC2)C(=O)N2CCc3c([nH]c4ccccc34)[C@]12C)C(C)C. The zero-order chi connectivity index (χ0) is 28.6. The molecule has 2 N–H and O–H groups in total. The molecule has 1 aromatic heterocycles. The number of nitrogens with one attached hydrogen (secondary N) is 2. The molecule has 3 aliphatic rings. The molecule has 3 amide bonds. The van der Waals surface area contributed by atoms with Gasteiger partial charge in [0.1, 0.15) is 0 Å². The Morgan fingerprint density at radius 2 is 1.82 bits per heavy atom. The fraction of sp³-hybridized carbons (Fsp3) is 0.645. The molecule has 0 bridgehead atoms. The van der Waals surface area contributed by atoms with E-state index in [2.05, 4.69) is 34.3 Å². The van der Waals surface area contributed by atoms with Crippen molar-refractivity contribution in [2.45, 2.75) is 71.5 Å². The fourth-order valence-corrected chi connectivity index (χ4v) is 7.29. The number of piperidine rings is 1. The standard InChI is InChI=1S/C31H45N5O4/c1-20(2)36(21(3)4)30(39)25-18-22(19-27(37)32-11-13-34-14-16-40-17-15-34)29(38)35-12-10-24-23-8-6-7-9-26(23)33-28(24)31(25,35)5/h6-9,20-22,25,33H,10-19H2,1-5H3,(H,32,37)/t22?,25-,31+/m1/s1. The highest BCUT2D eigenvalue weighted by Crippen LogP contribution is 2.50. The van der Waals surface area contributed by atoms with Crippen LogP contribution in [0.5, 0.6) is 0 Å². The third-order valence-corrected chi connectivity index (χ3v) is 9.23. The fourth-order valence-electron chi connectivity index (χ4n) is 7.29. The second kappa shape index (κ2) is 11.5. The molecule has 9 heteroatoms. The van der Waals surface area contributed by atoms with Crippen LogP contribution in [0.2, 0.25) is 0 Å². The number of hydrogen-bond acceptors (Lipinski definition) is 5. The van der Waals surface area contributed by atoms with Crippen molar-refractivity contribution in [3.8, 4) is 0 Å². The second-order valence-corrected chi connectivity index (χ2v) is 12.3. The number of amides is 3. The lowest BCUT2D eigenvalue weighted by molar-refractivity contribution is -0.166. The van der Waals surface area contributed by atoms with Crippen LogP contribution in [0, 0.1) is 11.8 Å². The van der Waals surface area contributed by atoms with E-state index in [1.54, 1.807) is 0 Å². The van der Waals surface area contributed by atoms with Crippen molar-refractivity contribution >= 4 is 28.6 Å². The molecule has 0 aliphatic carbocycles. The Morgan fingerprint density at radius 3 is 2.52 bits per heavy atom. The Bertz CT molecular complexity index is 1240. The lowest BCUT2D eigenvalue weighted by Crippen LogP contribution is -2.65. The highest BCUT2D eigenvalue weighted by Gasteiger charge is 2.57. The Hall–Kier alpha value is -2.91. The summed E-state index contributed by atoms with van der Waals surface area (Å²) in [6.07, 6.45) is 1.17. The molecule has 218 valence electrons. The first kappa shape index (κ1) is 28.6. The Morgan fingerprint density at radius 1 is 1.12 bits per heavy atom. The molecule has 0 radical (unpaired) electrons. The summed E-state index contributed by atoms with van der Waals surface area (Å²) in [5.41, 5.74) is 2.37. The monoisotopic (exact) mass is 551 g/mol. The summed E-state index contributed by atoms with van der Waals surface area (Å²) in [7, 11) is 0. The van der Waals surface area contributed by atoms with Gasteiger partial charge in [0, 0.05) is 73.7 Å². The molecule has 4 heterocycles. The number of aromatic amines is 1. The number of rotatable bonds is 8. The topological polar surface area (TPSA) is 98.0 Å². The van der Waals surface area contributed by atoms with Gasteiger partial charge in [0.05, 0.1) is 24.7 Å². The predicted molar refractivity (Wildman–Crippen MR) is 155 cm³/mol. The molecule has 2 saturated heterocycles. The summed E-state index contributed by atoms with van der Waals surface area (Å²) < 4.78 is 5.40. The molecular weight excluding hydrogens is 506 g/mol. The first-order valence-corrected chi connectivity index (χ1v) is 14.9. The van der Waals surface area contributed by atoms with Gasteiger partial charge in [-0.2, -0.15) is 0 Å². The van der Waals surface area contributed by atoms with Gasteiger partial charge in [-0.15, -0.1) is 0 Å². The van der Waals surface area contributed by atoms with Crippen molar-refractivity contribution in [2.75, 3.05) is 45.9 Å². The van der Waals surface area contributed by atoms with Crippen LogP contribution in [-0.4, -0.2) is 95.4 Å². The summed E-state index contributed by atoms with van der Waals surface area (Å²) >= 11 is 0. The molecule has 3 aliphatic heterocycles. The number of fused-ring (bicyclic) bond motifs is 5. The van der Waals surface area contributed by atoms with Crippen LogP contribution < -0.4 is 5.32 Å². The molecule has 1 unspecified atom stereocenters. The van der Waals surface area contributed by atoms with E-state index in [1.807, 2.05) is 49.6 Å². The van der Waals surface area contributed by atoms with Crippen molar-refractivity contribution in [3.05, 3.63) is 35.5 Å². The van der Waals surface area contributed by atoms with Gasteiger partial charge >= 0.3 is 0 Å². The largest absolute Gasteiger partial charge is 0.379 e. The van der Waals surface area contributed by atoms with Crippen molar-refractivity contribution in [1.29, 1.82) is 0 Å². The normalized spacial score (nSPS) is 25.3. The third-order valence-electron chi connectivity index (χ3n) is 9.23. The molecule has 2 aromatic rings. The van der Waals surface area contributed by atoms with E-state index < -0.39 is 17.4 Å². The predicted octanol–water partition coefficient (Wildman–Crippen LogP) is 2.89. The Kier molecular flexibility index (Phi) is 8.25. The van der Waals surface area contributed by atoms with Gasteiger partial charge in [-0.1, -0.05) is 18.2 Å². The van der Waals surface area contributed by atoms with E-state index in [0.29, 0.717) is 19.5 Å². The zero-order valence-electron chi connectivity index (χ0n) is 24.7. The minimum atomic E-state index is -0.813. The maximum Gasteiger partial charge on any atom is 0.228 e. The van der Waals surface area contributed by atoms with Crippen LogP contribution >= 0.6 is 0 Å². The summed E-state index contributed by atoms with van der Waals surface area (Å²) in [6, 6.07) is 8.26. The summed E-state index contributed by atoms with van der Waals surface area (Å²) in [5.74, 6) is -1.10. The van der Waals surface area contributed by atoms with Crippen molar-refractivity contribution in [1.82, 2.24) is 25.0 Å². The first-order chi connectivity index (χ1) is 19.1. The average Bonchev–Trinajstić information content (AvgIpc) is 3.30. The van der Waals surface area contributed by atoms with E-state index in [4.69, 9.17) is 4.74 Å². The van der Waals surface area contributed by atoms with Gasteiger partial charge in [-0.05, 0) is 59.1 Å². The Balaban J connectivity index is 1.42. The van der Waals surface area contributed by atoms with Crippen LogP contribution in [0.4, 0.5) is 0 Å². The highest BCUT2D eigenvalue weighted by molar-refractivity contribution is 5.93. The van der Waals surface area contributed by atoms with Crippen molar-refractivity contribution in [2.24, 2.45) is 11.8 Å². The molecule has 2 fully saturated rings. The lowest BCUT2D eigenvalue weighted by atomic mass is 9.67. The number of para-hydroxylation sites is 1. The van der Waals surface area contributed by atoms with Crippen LogP contribution in [0.3, 0.4) is 0 Å². The first-order valence-electron chi connectivity index (χ1n) is 14.9. The van der Waals surface area contributed by atoms with Crippen LogP contribution in [0.15, 0.2) is 24.3 Å². The Labute approximate surface area is 237 Å². The number of morpholine rings is 1. The van der Waals surface area contributed by atoms with E-state index in [-0.39, 0.29) is 36.2 Å². The van der Waals surface area contributed by atoms with Gasteiger partial charge < -0.3 is 24.8 Å². The van der Waals surface area contributed by atoms with Crippen LogP contribution in [-0.2, 0) is 31.1 Å². The van der Waals surface area contributed by atoms with Gasteiger partial charge in [0.2, 0.25) is 17.7 Å². The molecule has 5 rings (SSSR count). The highest BCUT2D eigenvalue weighted by atomic mass is 16.5. The van der Waals surface area contributed by atoms with E-state index in [9.17, 15) is 14.4 Å². The molecule has 3 atom stereocenters. The minimum Gasteiger partial charge on any atom is -0.379 e. The molecule has 40 heavy (non-hydrogen) atoms. The number of carbonyl (C=O) groups excluding carboxylic acids is 3. The van der Waals surface area contributed by atoms with Crippen LogP contribution in [0.1, 0.15) is 58.7 Å². The van der Waals surface area contributed by atoms with E-state index in [1.165, 1.54) is 5.56 Å². The molecule has 0 spiro atoms. The number of H-pyrrole nitrogens is 1. The maximum atomic E-state index is 14.4. The van der Waals surface area contributed by atoms with E-state index in [0.717, 1.165) is 55.9 Å². The number of aromatic nitrogens is 1. The van der Waals surface area contributed by atoms with Gasteiger partial charge in [0.25, 0.3) is 0 Å². The number of benzene rings is 1. The summed E-state index contributed by atoms with van der Waals surface area (Å²) in [5, 5.41) is 4.18. The maximum absolute atomic E-state index is 14.4. The summed E-state index contributed by atoms with van der Waals surface area (Å²) in [6.45, 7) is 15.2. The molecule has 1 aromatic carbocycles. The van der Waals surface area contributed by atoms with Crippen LogP contribution in [0.25, 0.3) is 10.9 Å². The van der Waals surface area contributed by atoms with Gasteiger partial charge in [-0.3, -0.25) is 19.3 Å². The quantitative estimate of drug-likeness (QED) is 0.526. The zero-order valence-corrected chi connectivity index (χ0v) is 24.7. The van der Waals surface area contributed by atoms with E-state index >= 15 is 0 Å².